The van der Waals surface area contributed by atoms with Crippen LogP contribution in [0.1, 0.15) is 58.8 Å². The second-order valence-electron chi connectivity index (χ2n) is 5.33. The van der Waals surface area contributed by atoms with Gasteiger partial charge in [0, 0.05) is 6.42 Å². The van der Waals surface area contributed by atoms with E-state index in [1.807, 2.05) is 0 Å². The zero-order valence-electron chi connectivity index (χ0n) is 11.8. The number of rotatable bonds is 9. The third kappa shape index (κ3) is 8.73. The Kier molecular flexibility index (Phi) is 9.91. The van der Waals surface area contributed by atoms with E-state index >= 15 is 0 Å². The van der Waals surface area contributed by atoms with Crippen LogP contribution in [0.2, 0.25) is 0 Å². The molecule has 0 radical (unpaired) electrons. The minimum atomic E-state index is -0.201. The Labute approximate surface area is 113 Å². The SMILES string of the molecule is C#CC[C@H](C)CCC[C@H](C)CCCC(C#C)C#N. The van der Waals surface area contributed by atoms with E-state index in [2.05, 4.69) is 31.8 Å². The summed E-state index contributed by atoms with van der Waals surface area (Å²) in [6.45, 7) is 4.50. The van der Waals surface area contributed by atoms with Crippen molar-refractivity contribution in [2.75, 3.05) is 0 Å². The Morgan fingerprint density at radius 3 is 2.00 bits per heavy atom. The number of nitrogens with zero attached hydrogens (tertiary/aromatic N) is 1. The average Bonchev–Trinajstić information content (AvgIpc) is 2.35. The lowest BCUT2D eigenvalue weighted by molar-refractivity contribution is 0.412. The number of hydrogen-bond donors (Lipinski definition) is 0. The molecule has 1 heteroatoms. The maximum Gasteiger partial charge on any atom is 0.107 e. The summed E-state index contributed by atoms with van der Waals surface area (Å²) in [5.41, 5.74) is 0. The van der Waals surface area contributed by atoms with E-state index in [1.165, 1.54) is 25.7 Å². The van der Waals surface area contributed by atoms with Crippen molar-refractivity contribution < 1.29 is 0 Å². The van der Waals surface area contributed by atoms with E-state index in [0.29, 0.717) is 5.92 Å². The number of nitriles is 1. The first-order chi connectivity index (χ1) is 8.63. The summed E-state index contributed by atoms with van der Waals surface area (Å²) >= 11 is 0. The van der Waals surface area contributed by atoms with Gasteiger partial charge in [-0.3, -0.25) is 0 Å². The Hall–Kier alpha value is -1.39. The molecular weight excluding hydrogens is 218 g/mol. The van der Waals surface area contributed by atoms with Crippen LogP contribution in [0, 0.1) is 53.8 Å². The highest BCUT2D eigenvalue weighted by molar-refractivity contribution is 5.04. The van der Waals surface area contributed by atoms with Gasteiger partial charge in [0.2, 0.25) is 0 Å². The zero-order valence-corrected chi connectivity index (χ0v) is 11.8. The van der Waals surface area contributed by atoms with E-state index in [9.17, 15) is 0 Å². The molecule has 0 aromatic heterocycles. The van der Waals surface area contributed by atoms with Gasteiger partial charge in [0.15, 0.2) is 0 Å². The van der Waals surface area contributed by atoms with Gasteiger partial charge in [-0.15, -0.1) is 18.8 Å². The monoisotopic (exact) mass is 243 g/mol. The third-order valence-electron chi connectivity index (χ3n) is 3.41. The molecule has 1 nitrogen and oxygen atoms in total. The lowest BCUT2D eigenvalue weighted by atomic mass is 9.92. The maximum absolute atomic E-state index is 8.74. The van der Waals surface area contributed by atoms with Gasteiger partial charge in [0.25, 0.3) is 0 Å². The highest BCUT2D eigenvalue weighted by Crippen LogP contribution is 2.19. The van der Waals surface area contributed by atoms with E-state index in [4.69, 9.17) is 18.1 Å². The van der Waals surface area contributed by atoms with E-state index in [1.54, 1.807) is 0 Å². The summed E-state index contributed by atoms with van der Waals surface area (Å²) in [4.78, 5) is 0. The first-order valence-electron chi connectivity index (χ1n) is 6.93. The molecule has 18 heavy (non-hydrogen) atoms. The van der Waals surface area contributed by atoms with Crippen LogP contribution in [-0.2, 0) is 0 Å². The Morgan fingerprint density at radius 1 is 0.944 bits per heavy atom. The fourth-order valence-corrected chi connectivity index (χ4v) is 2.12. The second kappa shape index (κ2) is 10.7. The van der Waals surface area contributed by atoms with Gasteiger partial charge in [-0.2, -0.15) is 5.26 Å². The summed E-state index contributed by atoms with van der Waals surface area (Å²) in [7, 11) is 0. The molecule has 1 unspecified atom stereocenters. The molecule has 0 aliphatic rings. The van der Waals surface area contributed by atoms with Crippen molar-refractivity contribution in [3.05, 3.63) is 0 Å². The van der Waals surface area contributed by atoms with Gasteiger partial charge in [-0.1, -0.05) is 45.5 Å². The number of terminal acetylenes is 2. The van der Waals surface area contributed by atoms with Gasteiger partial charge in [0.05, 0.1) is 6.07 Å². The van der Waals surface area contributed by atoms with Gasteiger partial charge in [-0.05, 0) is 24.7 Å². The Balaban J connectivity index is 3.56. The molecule has 3 atom stereocenters. The topological polar surface area (TPSA) is 23.8 Å². The normalized spacial score (nSPS) is 14.8. The molecule has 0 amide bonds. The molecule has 0 aliphatic heterocycles. The van der Waals surface area contributed by atoms with Crippen LogP contribution in [0.3, 0.4) is 0 Å². The smallest absolute Gasteiger partial charge is 0.107 e. The molecule has 0 fully saturated rings. The highest BCUT2D eigenvalue weighted by Gasteiger charge is 2.07. The summed E-state index contributed by atoms with van der Waals surface area (Å²) in [6.07, 6.45) is 18.2. The van der Waals surface area contributed by atoms with Gasteiger partial charge >= 0.3 is 0 Å². The van der Waals surface area contributed by atoms with Gasteiger partial charge in [0.1, 0.15) is 5.92 Å². The lowest BCUT2D eigenvalue weighted by Crippen LogP contribution is -2.00. The quantitative estimate of drug-likeness (QED) is 0.551. The molecule has 0 aromatic rings. The van der Waals surface area contributed by atoms with Crippen molar-refractivity contribution in [2.24, 2.45) is 17.8 Å². The second-order valence-corrected chi connectivity index (χ2v) is 5.33. The van der Waals surface area contributed by atoms with E-state index < -0.39 is 0 Å². The predicted octanol–water partition coefficient (Wildman–Crippen LogP) is 4.40. The fraction of sp³-hybridized carbons (Fsp3) is 0.706. The minimum Gasteiger partial charge on any atom is -0.197 e. The molecular formula is C17H25N. The van der Waals surface area contributed by atoms with Crippen molar-refractivity contribution >= 4 is 0 Å². The number of hydrogen-bond acceptors (Lipinski definition) is 1. The largest absolute Gasteiger partial charge is 0.197 e. The summed E-state index contributed by atoms with van der Waals surface area (Å²) in [6, 6.07) is 2.14. The first-order valence-corrected chi connectivity index (χ1v) is 6.93. The summed E-state index contributed by atoms with van der Waals surface area (Å²) in [5, 5.41) is 8.74. The van der Waals surface area contributed by atoms with Crippen molar-refractivity contribution in [3.8, 4) is 30.8 Å². The fourth-order valence-electron chi connectivity index (χ4n) is 2.12. The van der Waals surface area contributed by atoms with Crippen LogP contribution in [-0.4, -0.2) is 0 Å². The predicted molar refractivity (Wildman–Crippen MR) is 77.4 cm³/mol. The molecule has 0 bridgehead atoms. The van der Waals surface area contributed by atoms with E-state index in [0.717, 1.165) is 25.2 Å². The maximum atomic E-state index is 8.74. The van der Waals surface area contributed by atoms with E-state index in [-0.39, 0.29) is 5.92 Å². The lowest BCUT2D eigenvalue weighted by Gasteiger charge is -2.13. The van der Waals surface area contributed by atoms with Crippen molar-refractivity contribution in [3.63, 3.8) is 0 Å². The van der Waals surface area contributed by atoms with Crippen molar-refractivity contribution in [1.82, 2.24) is 0 Å². The molecule has 0 aromatic carbocycles. The molecule has 98 valence electrons. The minimum absolute atomic E-state index is 0.201. The van der Waals surface area contributed by atoms with Crippen molar-refractivity contribution in [2.45, 2.75) is 58.8 Å². The summed E-state index contributed by atoms with van der Waals surface area (Å²) < 4.78 is 0. The zero-order chi connectivity index (χ0) is 13.8. The first kappa shape index (κ1) is 16.6. The molecule has 0 saturated carbocycles. The molecule has 0 saturated heterocycles. The summed E-state index contributed by atoms with van der Waals surface area (Å²) in [5.74, 6) is 6.40. The Bertz CT molecular complexity index is 309. The van der Waals surface area contributed by atoms with Crippen LogP contribution in [0.5, 0.6) is 0 Å². The van der Waals surface area contributed by atoms with Crippen LogP contribution in [0.25, 0.3) is 0 Å². The molecule has 0 rings (SSSR count). The average molecular weight is 243 g/mol. The van der Waals surface area contributed by atoms with Crippen LogP contribution >= 0.6 is 0 Å². The molecule has 0 aliphatic carbocycles. The molecule has 0 heterocycles. The van der Waals surface area contributed by atoms with Gasteiger partial charge in [-0.25, -0.2) is 0 Å². The molecule has 0 spiro atoms. The van der Waals surface area contributed by atoms with Gasteiger partial charge < -0.3 is 0 Å². The third-order valence-corrected chi connectivity index (χ3v) is 3.41. The van der Waals surface area contributed by atoms with Crippen LogP contribution < -0.4 is 0 Å². The molecule has 0 N–H and O–H groups in total. The van der Waals surface area contributed by atoms with Crippen LogP contribution in [0.15, 0.2) is 0 Å². The highest BCUT2D eigenvalue weighted by atomic mass is 14.3. The Morgan fingerprint density at radius 2 is 1.50 bits per heavy atom. The van der Waals surface area contributed by atoms with Crippen molar-refractivity contribution in [1.29, 1.82) is 5.26 Å². The van der Waals surface area contributed by atoms with Crippen LogP contribution in [0.4, 0.5) is 0 Å². The standard InChI is InChI=1S/C17H25N/c1-5-9-15(3)10-7-11-16(4)12-8-13-17(6-2)14-18/h1-2,15-17H,7-13H2,3-4H3/t15-,16-,17?/m0/s1.